The van der Waals surface area contributed by atoms with Crippen LogP contribution in [0.2, 0.25) is 0 Å². The molecule has 0 aromatic heterocycles. The van der Waals surface area contributed by atoms with Gasteiger partial charge in [-0.1, -0.05) is 59.8 Å². The fraction of sp³-hybridized carbons (Fsp3) is 1.00. The molecule has 1 saturated heterocycles. The molecule has 2 heteroatoms. The van der Waals surface area contributed by atoms with Crippen LogP contribution in [0, 0.1) is 11.3 Å². The van der Waals surface area contributed by atoms with Gasteiger partial charge < -0.3 is 0 Å². The molecule has 1 aliphatic carbocycles. The van der Waals surface area contributed by atoms with Crippen LogP contribution in [-0.4, -0.2) is 21.5 Å². The SMILES string of the molecule is CCC(C)(CC(CC)(CC)C1CCCCC1)SCC1CS1. The zero-order valence-electron chi connectivity index (χ0n) is 14.7. The summed E-state index contributed by atoms with van der Waals surface area (Å²) >= 11 is 4.45. The molecular weight excluding hydrogens is 292 g/mol. The van der Waals surface area contributed by atoms with Gasteiger partial charge in [0.25, 0.3) is 0 Å². The number of rotatable bonds is 9. The molecule has 1 aliphatic heterocycles. The van der Waals surface area contributed by atoms with E-state index in [0.29, 0.717) is 10.2 Å². The minimum absolute atomic E-state index is 0.507. The van der Waals surface area contributed by atoms with Crippen molar-refractivity contribution in [1.29, 1.82) is 0 Å². The summed E-state index contributed by atoms with van der Waals surface area (Å²) in [7, 11) is 0. The lowest BCUT2D eigenvalue weighted by Crippen LogP contribution is -2.38. The molecule has 0 bridgehead atoms. The van der Waals surface area contributed by atoms with Crippen LogP contribution in [-0.2, 0) is 0 Å². The van der Waals surface area contributed by atoms with Crippen molar-refractivity contribution < 1.29 is 0 Å². The molecule has 0 amide bonds. The standard InChI is InChI=1S/C19H36S2/c1-5-18(4,21-14-17-13-20-17)15-19(6-2,7-3)16-11-9-8-10-12-16/h16-17H,5-15H2,1-4H3. The Hall–Kier alpha value is 0.700. The first-order valence-electron chi connectivity index (χ1n) is 9.33. The van der Waals surface area contributed by atoms with Crippen LogP contribution < -0.4 is 0 Å². The highest BCUT2D eigenvalue weighted by Crippen LogP contribution is 2.52. The smallest absolute Gasteiger partial charge is 0.0229 e. The monoisotopic (exact) mass is 328 g/mol. The van der Waals surface area contributed by atoms with Gasteiger partial charge in [0.2, 0.25) is 0 Å². The van der Waals surface area contributed by atoms with Gasteiger partial charge in [0, 0.05) is 21.5 Å². The molecule has 0 aromatic carbocycles. The third-order valence-corrected chi connectivity index (χ3v) is 9.25. The molecule has 1 heterocycles. The van der Waals surface area contributed by atoms with Crippen molar-refractivity contribution in [2.45, 2.75) is 95.5 Å². The van der Waals surface area contributed by atoms with Crippen molar-refractivity contribution in [2.75, 3.05) is 11.5 Å². The zero-order valence-corrected chi connectivity index (χ0v) is 16.4. The minimum Gasteiger partial charge on any atom is -0.156 e. The van der Waals surface area contributed by atoms with E-state index in [0.717, 1.165) is 11.2 Å². The molecular formula is C19H36S2. The van der Waals surface area contributed by atoms with Gasteiger partial charge in [-0.25, -0.2) is 0 Å². The normalized spacial score (nSPS) is 26.6. The third kappa shape index (κ3) is 4.83. The average Bonchev–Trinajstić information content (AvgIpc) is 3.36. The highest BCUT2D eigenvalue weighted by molar-refractivity contribution is 8.09. The Bertz CT molecular complexity index is 301. The van der Waals surface area contributed by atoms with Crippen LogP contribution in [0.15, 0.2) is 0 Å². The molecule has 2 rings (SSSR count). The Morgan fingerprint density at radius 3 is 2.10 bits per heavy atom. The Morgan fingerprint density at radius 1 is 1.00 bits per heavy atom. The molecule has 1 saturated carbocycles. The largest absolute Gasteiger partial charge is 0.156 e. The maximum atomic E-state index is 2.56. The second-order valence-electron chi connectivity index (χ2n) is 7.65. The highest BCUT2D eigenvalue weighted by atomic mass is 32.2. The second kappa shape index (κ2) is 7.99. The molecule has 21 heavy (non-hydrogen) atoms. The van der Waals surface area contributed by atoms with Crippen molar-refractivity contribution in [3.8, 4) is 0 Å². The summed E-state index contributed by atoms with van der Waals surface area (Å²) in [5, 5.41) is 0.980. The molecule has 0 N–H and O–H groups in total. The number of thioether (sulfide) groups is 2. The van der Waals surface area contributed by atoms with E-state index in [4.69, 9.17) is 0 Å². The molecule has 0 radical (unpaired) electrons. The summed E-state index contributed by atoms with van der Waals surface area (Å²) in [5.74, 6) is 3.81. The molecule has 124 valence electrons. The van der Waals surface area contributed by atoms with Gasteiger partial charge in [-0.15, -0.1) is 0 Å². The van der Waals surface area contributed by atoms with Gasteiger partial charge in [0.05, 0.1) is 0 Å². The van der Waals surface area contributed by atoms with Crippen LogP contribution in [0.1, 0.15) is 85.5 Å². The average molecular weight is 329 g/mol. The minimum atomic E-state index is 0.507. The maximum Gasteiger partial charge on any atom is 0.0229 e. The molecule has 0 aromatic rings. The van der Waals surface area contributed by atoms with Crippen molar-refractivity contribution >= 4 is 23.5 Å². The molecule has 2 unspecified atom stereocenters. The molecule has 2 atom stereocenters. The van der Waals surface area contributed by atoms with E-state index in [2.05, 4.69) is 51.2 Å². The summed E-state index contributed by atoms with van der Waals surface area (Å²) in [4.78, 5) is 0. The quantitative estimate of drug-likeness (QED) is 0.428. The topological polar surface area (TPSA) is 0 Å². The van der Waals surface area contributed by atoms with Crippen LogP contribution in [0.3, 0.4) is 0 Å². The van der Waals surface area contributed by atoms with Crippen molar-refractivity contribution in [3.05, 3.63) is 0 Å². The van der Waals surface area contributed by atoms with Crippen molar-refractivity contribution in [1.82, 2.24) is 0 Å². The van der Waals surface area contributed by atoms with Crippen LogP contribution >= 0.6 is 23.5 Å². The predicted octanol–water partition coefficient (Wildman–Crippen LogP) is 6.78. The Balaban J connectivity index is 2.03. The highest BCUT2D eigenvalue weighted by Gasteiger charge is 2.42. The van der Waals surface area contributed by atoms with E-state index in [9.17, 15) is 0 Å². The second-order valence-corrected chi connectivity index (χ2v) is 10.6. The van der Waals surface area contributed by atoms with Gasteiger partial charge in [-0.05, 0) is 37.0 Å². The lowest BCUT2D eigenvalue weighted by Gasteiger charge is -2.47. The number of hydrogen-bond acceptors (Lipinski definition) is 2. The lowest BCUT2D eigenvalue weighted by atomic mass is 9.62. The van der Waals surface area contributed by atoms with Crippen LogP contribution in [0.5, 0.6) is 0 Å². The number of hydrogen-bond donors (Lipinski definition) is 0. The van der Waals surface area contributed by atoms with Gasteiger partial charge in [-0.2, -0.15) is 23.5 Å². The van der Waals surface area contributed by atoms with Crippen molar-refractivity contribution in [3.63, 3.8) is 0 Å². The molecule has 0 spiro atoms. The molecule has 0 nitrogen and oxygen atoms in total. The Labute approximate surface area is 142 Å². The summed E-state index contributed by atoms with van der Waals surface area (Å²) in [6.45, 7) is 9.92. The van der Waals surface area contributed by atoms with Gasteiger partial charge in [-0.3, -0.25) is 0 Å². The van der Waals surface area contributed by atoms with Crippen LogP contribution in [0.4, 0.5) is 0 Å². The first-order valence-corrected chi connectivity index (χ1v) is 11.4. The van der Waals surface area contributed by atoms with Crippen LogP contribution in [0.25, 0.3) is 0 Å². The van der Waals surface area contributed by atoms with E-state index in [1.807, 2.05) is 0 Å². The predicted molar refractivity (Wildman–Crippen MR) is 102 cm³/mol. The summed E-state index contributed by atoms with van der Waals surface area (Å²) in [5.41, 5.74) is 0.620. The van der Waals surface area contributed by atoms with E-state index in [1.165, 1.54) is 69.3 Å². The zero-order chi connectivity index (χ0) is 15.3. The third-order valence-electron chi connectivity index (χ3n) is 6.37. The van der Waals surface area contributed by atoms with Crippen molar-refractivity contribution in [2.24, 2.45) is 11.3 Å². The fourth-order valence-corrected chi connectivity index (χ4v) is 6.71. The van der Waals surface area contributed by atoms with Gasteiger partial charge in [0.15, 0.2) is 0 Å². The van der Waals surface area contributed by atoms with Gasteiger partial charge in [0.1, 0.15) is 0 Å². The maximum absolute atomic E-state index is 2.56. The Kier molecular flexibility index (Phi) is 6.87. The first kappa shape index (κ1) is 18.0. The molecule has 2 fully saturated rings. The van der Waals surface area contributed by atoms with E-state index in [1.54, 1.807) is 0 Å². The van der Waals surface area contributed by atoms with E-state index in [-0.39, 0.29) is 0 Å². The Morgan fingerprint density at radius 2 is 1.62 bits per heavy atom. The lowest BCUT2D eigenvalue weighted by molar-refractivity contribution is 0.0801. The summed E-state index contributed by atoms with van der Waals surface area (Å²) < 4.78 is 0.507. The summed E-state index contributed by atoms with van der Waals surface area (Å²) in [6.07, 6.45) is 13.0. The summed E-state index contributed by atoms with van der Waals surface area (Å²) in [6, 6.07) is 0. The first-order chi connectivity index (χ1) is 10.1. The fourth-order valence-electron chi connectivity index (χ4n) is 4.42. The molecule has 2 aliphatic rings. The van der Waals surface area contributed by atoms with E-state index < -0.39 is 0 Å². The van der Waals surface area contributed by atoms with Gasteiger partial charge >= 0.3 is 0 Å². The van der Waals surface area contributed by atoms with E-state index >= 15 is 0 Å².